The van der Waals surface area contributed by atoms with Crippen LogP contribution in [0, 0.1) is 0 Å². The number of H-pyrrole nitrogens is 1. The number of hydrogen-bond donors (Lipinski definition) is 4. The molecule has 134 valence electrons. The second kappa shape index (κ2) is 7.19. The molecule has 0 radical (unpaired) electrons. The lowest BCUT2D eigenvalue weighted by Crippen LogP contribution is -2.57. The third kappa shape index (κ3) is 3.87. The Balaban J connectivity index is 1.77. The number of benzene rings is 2. The lowest BCUT2D eigenvalue weighted by Gasteiger charge is -2.25. The zero-order valence-electron chi connectivity index (χ0n) is 13.8. The lowest BCUT2D eigenvalue weighted by atomic mass is 10.0. The molecule has 0 unspecified atom stereocenters. The molecule has 1 aromatic heterocycles. The van der Waals surface area contributed by atoms with Gasteiger partial charge in [-0.2, -0.15) is 0 Å². The van der Waals surface area contributed by atoms with Crippen molar-refractivity contribution < 1.29 is 14.7 Å². The molecule has 0 spiro atoms. The maximum Gasteiger partial charge on any atom is 0.270 e. The molecule has 6 nitrogen and oxygen atoms in total. The Morgan fingerprint density at radius 3 is 2.58 bits per heavy atom. The molecule has 0 aliphatic heterocycles. The quantitative estimate of drug-likeness (QED) is 0.499. The van der Waals surface area contributed by atoms with Crippen LogP contribution >= 0.6 is 11.6 Å². The molecule has 2 amide bonds. The highest BCUT2D eigenvalue weighted by Gasteiger charge is 2.36. The third-order valence-electron chi connectivity index (χ3n) is 4.17. The van der Waals surface area contributed by atoms with Crippen LogP contribution in [0.2, 0.25) is 5.02 Å². The number of nitrogens with two attached hydrogens (primary N) is 1. The SMILES string of the molecule is NC(=O)[C@@](O)(CCc1ccccc1)NC(=O)c1cc2cc(Cl)ccc2[nH]1. The molecule has 0 aliphatic carbocycles. The minimum atomic E-state index is -2.15. The van der Waals surface area contributed by atoms with Gasteiger partial charge in [-0.05, 0) is 36.2 Å². The molecule has 0 bridgehead atoms. The molecule has 0 saturated carbocycles. The van der Waals surface area contributed by atoms with Gasteiger partial charge in [-0.15, -0.1) is 0 Å². The van der Waals surface area contributed by atoms with Gasteiger partial charge in [0.15, 0.2) is 0 Å². The van der Waals surface area contributed by atoms with Crippen molar-refractivity contribution in [3.05, 3.63) is 70.9 Å². The number of amides is 2. The number of carbonyl (C=O) groups excluding carboxylic acids is 2. The van der Waals surface area contributed by atoms with Crippen LogP contribution in [-0.2, 0) is 11.2 Å². The predicted molar refractivity (Wildman–Crippen MR) is 99.7 cm³/mol. The molecule has 0 aliphatic rings. The summed E-state index contributed by atoms with van der Waals surface area (Å²) in [6.07, 6.45) is 0.340. The van der Waals surface area contributed by atoms with E-state index in [9.17, 15) is 14.7 Å². The summed E-state index contributed by atoms with van der Waals surface area (Å²) in [5.41, 5.74) is 5.00. The van der Waals surface area contributed by atoms with Gasteiger partial charge in [0.2, 0.25) is 5.72 Å². The molecule has 5 N–H and O–H groups in total. The van der Waals surface area contributed by atoms with Crippen molar-refractivity contribution in [3.63, 3.8) is 0 Å². The Labute approximate surface area is 155 Å². The van der Waals surface area contributed by atoms with Crippen molar-refractivity contribution in [2.45, 2.75) is 18.6 Å². The van der Waals surface area contributed by atoms with Gasteiger partial charge in [0.25, 0.3) is 11.8 Å². The van der Waals surface area contributed by atoms with Gasteiger partial charge >= 0.3 is 0 Å². The Morgan fingerprint density at radius 2 is 1.88 bits per heavy atom. The van der Waals surface area contributed by atoms with Gasteiger partial charge in [0.05, 0.1) is 0 Å². The maximum atomic E-state index is 12.5. The first-order valence-corrected chi connectivity index (χ1v) is 8.42. The topological polar surface area (TPSA) is 108 Å². The molecule has 0 saturated heterocycles. The van der Waals surface area contributed by atoms with Crippen molar-refractivity contribution >= 4 is 34.3 Å². The van der Waals surface area contributed by atoms with E-state index in [1.54, 1.807) is 24.3 Å². The van der Waals surface area contributed by atoms with E-state index in [4.69, 9.17) is 17.3 Å². The number of fused-ring (bicyclic) bond motifs is 1. The highest BCUT2D eigenvalue weighted by molar-refractivity contribution is 6.31. The Kier molecular flexibility index (Phi) is 4.97. The van der Waals surface area contributed by atoms with Crippen molar-refractivity contribution in [2.24, 2.45) is 5.73 Å². The summed E-state index contributed by atoms with van der Waals surface area (Å²) in [6.45, 7) is 0. The van der Waals surface area contributed by atoms with Gasteiger partial charge in [-0.25, -0.2) is 0 Å². The largest absolute Gasteiger partial charge is 0.365 e. The summed E-state index contributed by atoms with van der Waals surface area (Å²) in [5.74, 6) is -1.65. The third-order valence-corrected chi connectivity index (χ3v) is 4.41. The molecular weight excluding hydrogens is 354 g/mol. The number of carbonyl (C=O) groups is 2. The molecule has 2 aromatic carbocycles. The molecule has 1 heterocycles. The minimum Gasteiger partial charge on any atom is -0.365 e. The normalized spacial score (nSPS) is 13.3. The number of aliphatic hydroxyl groups is 1. The zero-order valence-corrected chi connectivity index (χ0v) is 14.6. The molecule has 3 rings (SSSR count). The van der Waals surface area contributed by atoms with Crippen molar-refractivity contribution in [3.8, 4) is 0 Å². The van der Waals surface area contributed by atoms with Crippen LogP contribution in [0.1, 0.15) is 22.5 Å². The van der Waals surface area contributed by atoms with E-state index >= 15 is 0 Å². The highest BCUT2D eigenvalue weighted by Crippen LogP contribution is 2.21. The van der Waals surface area contributed by atoms with E-state index in [2.05, 4.69) is 10.3 Å². The lowest BCUT2D eigenvalue weighted by molar-refractivity contribution is -0.139. The molecule has 26 heavy (non-hydrogen) atoms. The monoisotopic (exact) mass is 371 g/mol. The van der Waals surface area contributed by atoms with Gasteiger partial charge in [-0.3, -0.25) is 9.59 Å². The molecule has 7 heteroatoms. The van der Waals surface area contributed by atoms with Crippen LogP contribution in [0.15, 0.2) is 54.6 Å². The molecule has 1 atom stereocenters. The van der Waals surface area contributed by atoms with Crippen LogP contribution < -0.4 is 11.1 Å². The van der Waals surface area contributed by atoms with E-state index < -0.39 is 17.5 Å². The number of aromatic amines is 1. The number of rotatable bonds is 6. The average molecular weight is 372 g/mol. The smallest absolute Gasteiger partial charge is 0.270 e. The fourth-order valence-electron chi connectivity index (χ4n) is 2.70. The van der Waals surface area contributed by atoms with Crippen molar-refractivity contribution in [1.29, 1.82) is 0 Å². The summed E-state index contributed by atoms with van der Waals surface area (Å²) < 4.78 is 0. The second-order valence-corrected chi connectivity index (χ2v) is 6.52. The van der Waals surface area contributed by atoms with Crippen molar-refractivity contribution in [1.82, 2.24) is 10.3 Å². The van der Waals surface area contributed by atoms with E-state index in [1.165, 1.54) is 0 Å². The Morgan fingerprint density at radius 1 is 1.15 bits per heavy atom. The van der Waals surface area contributed by atoms with E-state index in [0.717, 1.165) is 10.9 Å². The summed E-state index contributed by atoms with van der Waals surface area (Å²) in [6, 6.07) is 16.0. The second-order valence-electron chi connectivity index (χ2n) is 6.08. The number of primary amides is 1. The van der Waals surface area contributed by atoms with Crippen LogP contribution in [0.5, 0.6) is 0 Å². The first kappa shape index (κ1) is 18.0. The first-order chi connectivity index (χ1) is 12.4. The molecular formula is C19H18ClN3O3. The number of aryl methyl sites for hydroxylation is 1. The number of nitrogens with one attached hydrogen (secondary N) is 2. The highest BCUT2D eigenvalue weighted by atomic mass is 35.5. The number of halogens is 1. The summed E-state index contributed by atoms with van der Waals surface area (Å²) in [4.78, 5) is 27.2. The zero-order chi connectivity index (χ0) is 18.7. The number of hydrogen-bond acceptors (Lipinski definition) is 3. The minimum absolute atomic E-state index is 0.0376. The van der Waals surface area contributed by atoms with E-state index in [1.807, 2.05) is 30.3 Å². The fourth-order valence-corrected chi connectivity index (χ4v) is 2.88. The average Bonchev–Trinajstić information content (AvgIpc) is 3.04. The maximum absolute atomic E-state index is 12.5. The predicted octanol–water partition coefficient (Wildman–Crippen LogP) is 2.36. The van der Waals surface area contributed by atoms with E-state index in [0.29, 0.717) is 17.0 Å². The molecule has 3 aromatic rings. The fraction of sp³-hybridized carbons (Fsp3) is 0.158. The Bertz CT molecular complexity index is 955. The van der Waals surface area contributed by atoms with Gasteiger partial charge in [0, 0.05) is 22.3 Å². The van der Waals surface area contributed by atoms with Gasteiger partial charge < -0.3 is 21.1 Å². The molecule has 0 fully saturated rings. The van der Waals surface area contributed by atoms with Crippen LogP contribution in [0.4, 0.5) is 0 Å². The van der Waals surface area contributed by atoms with Crippen LogP contribution in [-0.4, -0.2) is 27.6 Å². The van der Waals surface area contributed by atoms with Gasteiger partial charge in [-0.1, -0.05) is 41.9 Å². The van der Waals surface area contributed by atoms with Crippen molar-refractivity contribution in [2.75, 3.05) is 0 Å². The van der Waals surface area contributed by atoms with Gasteiger partial charge in [0.1, 0.15) is 5.69 Å². The summed E-state index contributed by atoms with van der Waals surface area (Å²) >= 11 is 5.94. The Hall–Kier alpha value is -2.83. The van der Waals surface area contributed by atoms with Crippen LogP contribution in [0.3, 0.4) is 0 Å². The van der Waals surface area contributed by atoms with Crippen LogP contribution in [0.25, 0.3) is 10.9 Å². The number of aromatic nitrogens is 1. The summed E-state index contributed by atoms with van der Waals surface area (Å²) in [5, 5.41) is 14.2. The van der Waals surface area contributed by atoms with E-state index in [-0.39, 0.29) is 12.1 Å². The first-order valence-electron chi connectivity index (χ1n) is 8.04. The summed E-state index contributed by atoms with van der Waals surface area (Å²) in [7, 11) is 0. The standard InChI is InChI=1S/C19H18ClN3O3/c20-14-6-7-15-13(10-14)11-16(22-15)17(24)23-19(26,18(21)25)9-8-12-4-2-1-3-5-12/h1-7,10-11,22,26H,8-9H2,(H2,21,25)(H,23,24)/t19-/m0/s1.